The van der Waals surface area contributed by atoms with E-state index < -0.39 is 6.04 Å². The lowest BCUT2D eigenvalue weighted by molar-refractivity contribution is 0.244. The summed E-state index contributed by atoms with van der Waals surface area (Å²) in [5.74, 6) is 0.849. The van der Waals surface area contributed by atoms with Gasteiger partial charge in [0.25, 0.3) is 5.89 Å². The molecule has 2 heterocycles. The molecule has 1 aliphatic rings. The molecule has 0 saturated carbocycles. The van der Waals surface area contributed by atoms with Crippen molar-refractivity contribution in [3.05, 3.63) is 106 Å². The second kappa shape index (κ2) is 9.04. The van der Waals surface area contributed by atoms with Gasteiger partial charge in [0.05, 0.1) is 17.3 Å². The lowest BCUT2D eigenvalue weighted by atomic mass is 9.94. The smallest absolute Gasteiger partial charge is 0.326 e. The molecule has 176 valence electrons. The Morgan fingerprint density at radius 2 is 1.63 bits per heavy atom. The van der Waals surface area contributed by atoms with E-state index in [-0.39, 0.29) is 6.03 Å². The topological polar surface area (TPSA) is 71.3 Å². The average molecular weight is 485 g/mol. The standard InChI is InChI=1S/C28H25ClN4O2/c1-16-6-5-7-21(13-16)26-31-27(35-32-26)24-19(4)33(23-14-17(2)12-18(3)15-23)28(34)30-25(24)20-8-10-22(29)11-9-20/h5-15,25H,1-4H3,(H,30,34). The number of carbonyl (C=O) groups excluding carboxylic acids is 1. The molecular formula is C28H25ClN4O2. The van der Waals surface area contributed by atoms with Gasteiger partial charge in [-0.1, -0.05) is 58.7 Å². The molecule has 1 atom stereocenters. The van der Waals surface area contributed by atoms with Gasteiger partial charge in [0.2, 0.25) is 5.82 Å². The second-order valence-corrected chi connectivity index (χ2v) is 9.34. The molecule has 7 heteroatoms. The van der Waals surface area contributed by atoms with Crippen molar-refractivity contribution in [1.29, 1.82) is 0 Å². The maximum absolute atomic E-state index is 13.4. The van der Waals surface area contributed by atoms with Crippen molar-refractivity contribution in [2.45, 2.75) is 33.7 Å². The molecule has 0 fully saturated rings. The fourth-order valence-electron chi connectivity index (χ4n) is 4.55. The summed E-state index contributed by atoms with van der Waals surface area (Å²) in [5, 5.41) is 8.01. The number of aryl methyl sites for hydroxylation is 3. The minimum atomic E-state index is -0.479. The molecule has 5 rings (SSSR count). The third-order valence-electron chi connectivity index (χ3n) is 6.09. The molecule has 2 amide bonds. The van der Waals surface area contributed by atoms with E-state index in [9.17, 15) is 4.79 Å². The van der Waals surface area contributed by atoms with Crippen LogP contribution in [0.5, 0.6) is 0 Å². The Morgan fingerprint density at radius 1 is 0.914 bits per heavy atom. The summed E-state index contributed by atoms with van der Waals surface area (Å²) in [6.07, 6.45) is 0. The number of rotatable bonds is 4. The Bertz CT molecular complexity index is 1440. The number of nitrogens with zero attached hydrogens (tertiary/aromatic N) is 3. The van der Waals surface area contributed by atoms with Gasteiger partial charge in [0, 0.05) is 16.3 Å². The fourth-order valence-corrected chi connectivity index (χ4v) is 4.68. The monoisotopic (exact) mass is 484 g/mol. The molecule has 1 aliphatic heterocycles. The minimum absolute atomic E-state index is 0.227. The van der Waals surface area contributed by atoms with Crippen LogP contribution in [0.15, 0.2) is 77.0 Å². The Balaban J connectivity index is 1.67. The highest BCUT2D eigenvalue weighted by Crippen LogP contribution is 2.39. The fraction of sp³-hybridized carbons (Fsp3) is 0.179. The van der Waals surface area contributed by atoms with Gasteiger partial charge >= 0.3 is 6.03 Å². The summed E-state index contributed by atoms with van der Waals surface area (Å²) in [7, 11) is 0. The zero-order chi connectivity index (χ0) is 24.7. The molecule has 1 unspecified atom stereocenters. The van der Waals surface area contributed by atoms with Gasteiger partial charge in [-0.3, -0.25) is 4.90 Å². The summed E-state index contributed by atoms with van der Waals surface area (Å²) >= 11 is 6.13. The Morgan fingerprint density at radius 3 is 2.31 bits per heavy atom. The number of benzene rings is 3. The summed E-state index contributed by atoms with van der Waals surface area (Å²) in [6, 6.07) is 20.7. The molecule has 4 aromatic rings. The zero-order valence-electron chi connectivity index (χ0n) is 20.0. The first-order chi connectivity index (χ1) is 16.8. The van der Waals surface area contributed by atoms with Crippen molar-refractivity contribution in [2.75, 3.05) is 4.90 Å². The van der Waals surface area contributed by atoms with E-state index in [0.29, 0.717) is 16.7 Å². The van der Waals surface area contributed by atoms with Crippen molar-refractivity contribution in [3.8, 4) is 11.4 Å². The van der Waals surface area contributed by atoms with Crippen LogP contribution in [0, 0.1) is 20.8 Å². The van der Waals surface area contributed by atoms with Gasteiger partial charge in [0.15, 0.2) is 0 Å². The zero-order valence-corrected chi connectivity index (χ0v) is 20.7. The number of amides is 2. The van der Waals surface area contributed by atoms with E-state index in [1.807, 2.05) is 76.2 Å². The molecule has 0 aliphatic carbocycles. The molecular weight excluding hydrogens is 460 g/mol. The number of nitrogens with one attached hydrogen (secondary N) is 1. The first-order valence-corrected chi connectivity index (χ1v) is 11.7. The Kier molecular flexibility index (Phi) is 5.91. The van der Waals surface area contributed by atoms with Gasteiger partial charge in [-0.05, 0) is 74.7 Å². The molecule has 0 spiro atoms. The second-order valence-electron chi connectivity index (χ2n) is 8.91. The first-order valence-electron chi connectivity index (χ1n) is 11.4. The highest BCUT2D eigenvalue weighted by atomic mass is 35.5. The van der Waals surface area contributed by atoms with Crippen molar-refractivity contribution in [1.82, 2.24) is 15.5 Å². The molecule has 0 radical (unpaired) electrons. The Hall–Kier alpha value is -3.90. The first kappa shape index (κ1) is 22.9. The normalized spacial score (nSPS) is 16.0. The van der Waals surface area contributed by atoms with Crippen LogP contribution >= 0.6 is 11.6 Å². The number of halogens is 1. The number of hydrogen-bond acceptors (Lipinski definition) is 4. The summed E-state index contributed by atoms with van der Waals surface area (Å²) in [5.41, 5.74) is 7.22. The van der Waals surface area contributed by atoms with Crippen molar-refractivity contribution < 1.29 is 9.32 Å². The average Bonchev–Trinajstić information content (AvgIpc) is 3.28. The molecule has 6 nitrogen and oxygen atoms in total. The van der Waals surface area contributed by atoms with E-state index in [2.05, 4.69) is 16.5 Å². The summed E-state index contributed by atoms with van der Waals surface area (Å²) in [6.45, 7) is 7.96. The molecule has 35 heavy (non-hydrogen) atoms. The van der Waals surface area contributed by atoms with E-state index >= 15 is 0 Å². The SMILES string of the molecule is CC1=C(c2nc(-c3cccc(C)c3)no2)C(c2ccc(Cl)cc2)NC(=O)N1c1cc(C)cc(C)c1. The maximum Gasteiger partial charge on any atom is 0.326 e. The number of hydrogen-bond donors (Lipinski definition) is 1. The van der Waals surface area contributed by atoms with E-state index in [4.69, 9.17) is 21.1 Å². The molecule has 1 N–H and O–H groups in total. The van der Waals surface area contributed by atoms with Crippen molar-refractivity contribution in [2.24, 2.45) is 0 Å². The van der Waals surface area contributed by atoms with Crippen LogP contribution in [-0.2, 0) is 0 Å². The van der Waals surface area contributed by atoms with E-state index in [0.717, 1.165) is 44.8 Å². The van der Waals surface area contributed by atoms with Gasteiger partial charge in [0.1, 0.15) is 0 Å². The number of aromatic nitrogens is 2. The third-order valence-corrected chi connectivity index (χ3v) is 6.34. The van der Waals surface area contributed by atoms with Crippen LogP contribution in [0.3, 0.4) is 0 Å². The quantitative estimate of drug-likeness (QED) is 0.338. The third kappa shape index (κ3) is 4.45. The van der Waals surface area contributed by atoms with Gasteiger partial charge in [-0.25, -0.2) is 4.79 Å². The van der Waals surface area contributed by atoms with Crippen LogP contribution in [-0.4, -0.2) is 16.2 Å². The van der Waals surface area contributed by atoms with Gasteiger partial charge < -0.3 is 9.84 Å². The predicted octanol–water partition coefficient (Wildman–Crippen LogP) is 7.02. The number of anilines is 1. The lowest BCUT2D eigenvalue weighted by Gasteiger charge is -2.35. The van der Waals surface area contributed by atoms with Crippen molar-refractivity contribution >= 4 is 28.9 Å². The predicted molar refractivity (Wildman–Crippen MR) is 138 cm³/mol. The largest absolute Gasteiger partial charge is 0.334 e. The minimum Gasteiger partial charge on any atom is -0.334 e. The number of urea groups is 1. The highest BCUT2D eigenvalue weighted by molar-refractivity contribution is 6.30. The van der Waals surface area contributed by atoms with Crippen LogP contribution in [0.25, 0.3) is 17.0 Å². The molecule has 3 aromatic carbocycles. The van der Waals surface area contributed by atoms with E-state index in [1.165, 1.54) is 0 Å². The van der Waals surface area contributed by atoms with Crippen LogP contribution in [0.1, 0.15) is 41.1 Å². The van der Waals surface area contributed by atoms with Crippen LogP contribution in [0.2, 0.25) is 5.02 Å². The maximum atomic E-state index is 13.4. The highest BCUT2D eigenvalue weighted by Gasteiger charge is 2.36. The molecule has 0 saturated heterocycles. The molecule has 1 aromatic heterocycles. The Labute approximate surface area is 209 Å². The number of carbonyl (C=O) groups is 1. The van der Waals surface area contributed by atoms with Crippen LogP contribution < -0.4 is 10.2 Å². The van der Waals surface area contributed by atoms with Crippen LogP contribution in [0.4, 0.5) is 10.5 Å². The van der Waals surface area contributed by atoms with Gasteiger partial charge in [-0.15, -0.1) is 0 Å². The molecule has 0 bridgehead atoms. The summed E-state index contributed by atoms with van der Waals surface area (Å²) in [4.78, 5) is 19.8. The number of allylic oxidation sites excluding steroid dienone is 1. The van der Waals surface area contributed by atoms with E-state index in [1.54, 1.807) is 17.0 Å². The summed E-state index contributed by atoms with van der Waals surface area (Å²) < 4.78 is 5.79. The lowest BCUT2D eigenvalue weighted by Crippen LogP contribution is -2.46. The van der Waals surface area contributed by atoms with Gasteiger partial charge in [-0.2, -0.15) is 4.98 Å². The van der Waals surface area contributed by atoms with Crippen molar-refractivity contribution in [3.63, 3.8) is 0 Å².